The second-order valence-electron chi connectivity index (χ2n) is 8.97. The lowest BCUT2D eigenvalue weighted by Crippen LogP contribution is -2.47. The van der Waals surface area contributed by atoms with Crippen molar-refractivity contribution in [1.29, 1.82) is 0 Å². The van der Waals surface area contributed by atoms with Crippen LogP contribution in [0.3, 0.4) is 0 Å². The predicted molar refractivity (Wildman–Crippen MR) is 117 cm³/mol. The summed E-state index contributed by atoms with van der Waals surface area (Å²) >= 11 is 0. The van der Waals surface area contributed by atoms with Crippen molar-refractivity contribution < 1.29 is 13.9 Å². The van der Waals surface area contributed by atoms with Crippen molar-refractivity contribution in [2.75, 3.05) is 39.4 Å². The van der Waals surface area contributed by atoms with Crippen molar-refractivity contribution in [2.24, 2.45) is 4.99 Å². The molecule has 4 rings (SSSR count). The third-order valence-corrected chi connectivity index (χ3v) is 6.71. The summed E-state index contributed by atoms with van der Waals surface area (Å²) in [4.78, 5) is 7.35. The van der Waals surface area contributed by atoms with E-state index in [-0.39, 0.29) is 17.3 Å². The molecule has 0 radical (unpaired) electrons. The van der Waals surface area contributed by atoms with Crippen molar-refractivity contribution in [3.8, 4) is 0 Å². The van der Waals surface area contributed by atoms with Crippen LogP contribution in [0.25, 0.3) is 0 Å². The highest BCUT2D eigenvalue weighted by Gasteiger charge is 2.44. The Kier molecular flexibility index (Phi) is 7.26. The standard InChI is InChI=1S/C24H36FN3O2/c1-2-26-23(27-18-24(12-13-24)19-6-8-20(25)9-7-19)28-14-10-21(11-15-28)30-17-22-5-3-4-16-29-22/h6-9,21-22H,2-5,10-18H2,1H3,(H,26,27). The molecule has 0 bridgehead atoms. The minimum atomic E-state index is -0.175. The van der Waals surface area contributed by atoms with Gasteiger partial charge in [0.2, 0.25) is 0 Å². The first-order valence-electron chi connectivity index (χ1n) is 11.7. The summed E-state index contributed by atoms with van der Waals surface area (Å²) in [6.45, 7) is 7.28. The first-order chi connectivity index (χ1) is 14.7. The van der Waals surface area contributed by atoms with Gasteiger partial charge in [-0.15, -0.1) is 0 Å². The minimum absolute atomic E-state index is 0.0931. The van der Waals surface area contributed by atoms with Crippen LogP contribution in [-0.2, 0) is 14.9 Å². The number of nitrogens with zero attached hydrogens (tertiary/aromatic N) is 2. The zero-order chi connectivity index (χ0) is 20.8. The maximum absolute atomic E-state index is 13.3. The molecule has 5 nitrogen and oxygen atoms in total. The van der Waals surface area contributed by atoms with Gasteiger partial charge in [0.15, 0.2) is 5.96 Å². The second-order valence-corrected chi connectivity index (χ2v) is 8.97. The van der Waals surface area contributed by atoms with Crippen LogP contribution < -0.4 is 5.32 Å². The number of nitrogens with one attached hydrogen (secondary N) is 1. The third-order valence-electron chi connectivity index (χ3n) is 6.71. The molecule has 3 aliphatic rings. The van der Waals surface area contributed by atoms with Crippen molar-refractivity contribution in [2.45, 2.75) is 69.5 Å². The van der Waals surface area contributed by atoms with Crippen molar-refractivity contribution in [3.05, 3.63) is 35.6 Å². The molecule has 1 N–H and O–H groups in total. The Bertz CT molecular complexity index is 691. The second kappa shape index (κ2) is 10.1. The van der Waals surface area contributed by atoms with E-state index in [0.717, 1.165) is 77.5 Å². The Morgan fingerprint density at radius 2 is 1.97 bits per heavy atom. The van der Waals surface area contributed by atoms with Gasteiger partial charge in [-0.05, 0) is 69.6 Å². The van der Waals surface area contributed by atoms with E-state index in [1.807, 2.05) is 12.1 Å². The molecule has 0 aromatic heterocycles. The van der Waals surface area contributed by atoms with Gasteiger partial charge in [0, 0.05) is 31.7 Å². The number of piperidine rings is 1. The van der Waals surface area contributed by atoms with E-state index in [1.54, 1.807) is 12.1 Å². The Morgan fingerprint density at radius 1 is 1.20 bits per heavy atom. The average molecular weight is 418 g/mol. The van der Waals surface area contributed by atoms with Crippen LogP contribution in [0.1, 0.15) is 57.4 Å². The number of likely N-dealkylation sites (tertiary alicyclic amines) is 1. The first kappa shape index (κ1) is 21.6. The number of ether oxygens (including phenoxy) is 2. The molecule has 166 valence electrons. The van der Waals surface area contributed by atoms with Crippen LogP contribution in [-0.4, -0.2) is 62.5 Å². The summed E-state index contributed by atoms with van der Waals surface area (Å²) in [5, 5.41) is 3.47. The molecule has 2 aliphatic heterocycles. The Labute approximate surface area is 180 Å². The highest BCUT2D eigenvalue weighted by atomic mass is 19.1. The van der Waals surface area contributed by atoms with Gasteiger partial charge in [-0.2, -0.15) is 0 Å². The fourth-order valence-electron chi connectivity index (χ4n) is 4.56. The maximum atomic E-state index is 13.3. The quantitative estimate of drug-likeness (QED) is 0.540. The van der Waals surface area contributed by atoms with Gasteiger partial charge >= 0.3 is 0 Å². The first-order valence-corrected chi connectivity index (χ1v) is 11.7. The zero-order valence-corrected chi connectivity index (χ0v) is 18.2. The average Bonchev–Trinajstić information content (AvgIpc) is 3.58. The fraction of sp³-hybridized carbons (Fsp3) is 0.708. The number of rotatable bonds is 7. The predicted octanol–water partition coefficient (Wildman–Crippen LogP) is 3.87. The highest BCUT2D eigenvalue weighted by molar-refractivity contribution is 5.80. The zero-order valence-electron chi connectivity index (χ0n) is 18.2. The number of hydrogen-bond donors (Lipinski definition) is 1. The lowest BCUT2D eigenvalue weighted by molar-refractivity contribution is -0.0721. The molecule has 1 aromatic rings. The van der Waals surface area contributed by atoms with E-state index in [2.05, 4.69) is 17.1 Å². The van der Waals surface area contributed by atoms with Gasteiger partial charge < -0.3 is 19.7 Å². The molecule has 2 heterocycles. The molecule has 30 heavy (non-hydrogen) atoms. The molecule has 1 unspecified atom stereocenters. The Morgan fingerprint density at radius 3 is 2.60 bits per heavy atom. The number of guanidine groups is 1. The minimum Gasteiger partial charge on any atom is -0.376 e. The molecule has 3 fully saturated rings. The summed E-state index contributed by atoms with van der Waals surface area (Å²) in [6.07, 6.45) is 8.49. The Hall–Kier alpha value is -1.66. The SMILES string of the molecule is CCNC(=NCC1(c2ccc(F)cc2)CC1)N1CCC(OCC2CCCCO2)CC1. The van der Waals surface area contributed by atoms with Crippen LogP contribution >= 0.6 is 0 Å². The summed E-state index contributed by atoms with van der Waals surface area (Å²) in [7, 11) is 0. The van der Waals surface area contributed by atoms with Gasteiger partial charge in [-0.3, -0.25) is 4.99 Å². The van der Waals surface area contributed by atoms with E-state index in [9.17, 15) is 4.39 Å². The van der Waals surface area contributed by atoms with Gasteiger partial charge in [0.05, 0.1) is 25.4 Å². The normalized spacial score (nSPS) is 24.7. The van der Waals surface area contributed by atoms with Crippen LogP contribution in [0.15, 0.2) is 29.3 Å². The molecule has 0 spiro atoms. The van der Waals surface area contributed by atoms with Gasteiger partial charge in [-0.1, -0.05) is 12.1 Å². The monoisotopic (exact) mass is 417 g/mol. The summed E-state index contributed by atoms with van der Waals surface area (Å²) in [5.41, 5.74) is 1.30. The van der Waals surface area contributed by atoms with E-state index in [4.69, 9.17) is 14.5 Å². The van der Waals surface area contributed by atoms with Gasteiger partial charge in [0.1, 0.15) is 5.82 Å². The van der Waals surface area contributed by atoms with Crippen molar-refractivity contribution in [1.82, 2.24) is 10.2 Å². The largest absolute Gasteiger partial charge is 0.376 e. The molecular formula is C24H36FN3O2. The number of halogens is 1. The van der Waals surface area contributed by atoms with E-state index >= 15 is 0 Å². The van der Waals surface area contributed by atoms with Crippen molar-refractivity contribution >= 4 is 5.96 Å². The highest BCUT2D eigenvalue weighted by Crippen LogP contribution is 2.48. The summed E-state index contributed by atoms with van der Waals surface area (Å²) in [6, 6.07) is 6.97. The molecular weight excluding hydrogens is 381 g/mol. The van der Waals surface area contributed by atoms with Crippen molar-refractivity contribution in [3.63, 3.8) is 0 Å². The van der Waals surface area contributed by atoms with Gasteiger partial charge in [-0.25, -0.2) is 4.39 Å². The Balaban J connectivity index is 1.28. The summed E-state index contributed by atoms with van der Waals surface area (Å²) in [5.74, 6) is 0.825. The summed E-state index contributed by atoms with van der Waals surface area (Å²) < 4.78 is 25.2. The van der Waals surface area contributed by atoms with E-state index < -0.39 is 0 Å². The van der Waals surface area contributed by atoms with Crippen LogP contribution in [0.5, 0.6) is 0 Å². The van der Waals surface area contributed by atoms with E-state index in [0.29, 0.717) is 6.10 Å². The molecule has 1 atom stereocenters. The molecule has 1 aromatic carbocycles. The molecule has 6 heteroatoms. The third kappa shape index (κ3) is 5.52. The number of aliphatic imine (C=N–C) groups is 1. The maximum Gasteiger partial charge on any atom is 0.193 e. The number of benzene rings is 1. The van der Waals surface area contributed by atoms with Crippen LogP contribution in [0.4, 0.5) is 4.39 Å². The smallest absolute Gasteiger partial charge is 0.193 e. The van der Waals surface area contributed by atoms with Crippen LogP contribution in [0, 0.1) is 5.82 Å². The molecule has 1 saturated carbocycles. The van der Waals surface area contributed by atoms with Crippen LogP contribution in [0.2, 0.25) is 0 Å². The van der Waals surface area contributed by atoms with Gasteiger partial charge in [0.25, 0.3) is 0 Å². The molecule has 1 aliphatic carbocycles. The molecule has 0 amide bonds. The van der Waals surface area contributed by atoms with E-state index in [1.165, 1.54) is 18.4 Å². The molecule has 2 saturated heterocycles. The lowest BCUT2D eigenvalue weighted by atomic mass is 9.96. The topological polar surface area (TPSA) is 46.1 Å². The number of hydrogen-bond acceptors (Lipinski definition) is 3. The lowest BCUT2D eigenvalue weighted by Gasteiger charge is -2.35. The fourth-order valence-corrected chi connectivity index (χ4v) is 4.56.